The zero-order valence-electron chi connectivity index (χ0n) is 13.1. The number of hydrogen-bond donors (Lipinski definition) is 2. The van der Waals surface area contributed by atoms with Crippen molar-refractivity contribution in [3.8, 4) is 0 Å². The lowest BCUT2D eigenvalue weighted by molar-refractivity contribution is 0.0937. The largest absolute Gasteiger partial charge is 0.350 e. The van der Waals surface area contributed by atoms with Gasteiger partial charge in [0.25, 0.3) is 5.91 Å². The first kappa shape index (κ1) is 17.7. The van der Waals surface area contributed by atoms with Gasteiger partial charge in [0.05, 0.1) is 4.90 Å². The van der Waals surface area contributed by atoms with Gasteiger partial charge in [-0.3, -0.25) is 4.79 Å². The number of carbonyl (C=O) groups is 1. The fourth-order valence-electron chi connectivity index (χ4n) is 2.14. The van der Waals surface area contributed by atoms with Gasteiger partial charge in [0.15, 0.2) is 0 Å². The lowest BCUT2D eigenvalue weighted by Gasteiger charge is -2.15. The van der Waals surface area contributed by atoms with E-state index < -0.39 is 10.0 Å². The molecule has 0 saturated carbocycles. The number of nitrogens with two attached hydrogens (primary N) is 1. The molecule has 6 heteroatoms. The minimum Gasteiger partial charge on any atom is -0.350 e. The van der Waals surface area contributed by atoms with Crippen molar-refractivity contribution >= 4 is 15.9 Å². The highest BCUT2D eigenvalue weighted by Gasteiger charge is 2.18. The number of primary sulfonamides is 1. The Labute approximate surface area is 127 Å². The maximum Gasteiger partial charge on any atom is 0.251 e. The molecule has 5 nitrogen and oxygen atoms in total. The van der Waals surface area contributed by atoms with Gasteiger partial charge in [-0.25, -0.2) is 13.6 Å². The third kappa shape index (κ3) is 4.82. The van der Waals surface area contributed by atoms with E-state index in [0.29, 0.717) is 11.1 Å². The molecule has 0 aliphatic heterocycles. The lowest BCUT2D eigenvalue weighted by Crippen LogP contribution is -2.32. The Morgan fingerprint density at radius 2 is 1.95 bits per heavy atom. The Morgan fingerprint density at radius 3 is 2.48 bits per heavy atom. The van der Waals surface area contributed by atoms with Crippen LogP contribution in [0.5, 0.6) is 0 Å². The standard InChI is InChI=1S/C15H24N2O3S/c1-5-6-7-11(3)17-15(18)13-8-10(2)12(4)14(9-13)21(16,19)20/h8-9,11H,5-7H2,1-4H3,(H,17,18)(H2,16,19,20). The Morgan fingerprint density at radius 1 is 1.33 bits per heavy atom. The Bertz CT molecular complexity index is 624. The van der Waals surface area contributed by atoms with Gasteiger partial charge in [-0.05, 0) is 50.5 Å². The van der Waals surface area contributed by atoms with Crippen LogP contribution in [-0.4, -0.2) is 20.4 Å². The SMILES string of the molecule is CCCCC(C)NC(=O)c1cc(C)c(C)c(S(N)(=O)=O)c1. The summed E-state index contributed by atoms with van der Waals surface area (Å²) in [5.41, 5.74) is 1.63. The van der Waals surface area contributed by atoms with Crippen molar-refractivity contribution < 1.29 is 13.2 Å². The summed E-state index contributed by atoms with van der Waals surface area (Å²) in [4.78, 5) is 12.2. The second-order valence-electron chi connectivity index (χ2n) is 5.48. The highest BCUT2D eigenvalue weighted by atomic mass is 32.2. The molecule has 1 atom stereocenters. The smallest absolute Gasteiger partial charge is 0.251 e. The molecular formula is C15H24N2O3S. The zero-order valence-corrected chi connectivity index (χ0v) is 13.9. The molecule has 0 aliphatic carbocycles. The van der Waals surface area contributed by atoms with Crippen LogP contribution >= 0.6 is 0 Å². The van der Waals surface area contributed by atoms with Gasteiger partial charge < -0.3 is 5.32 Å². The third-order valence-electron chi connectivity index (χ3n) is 3.56. The van der Waals surface area contributed by atoms with E-state index in [1.165, 1.54) is 6.07 Å². The third-order valence-corrected chi connectivity index (χ3v) is 4.59. The molecule has 1 amide bonds. The Kier molecular flexibility index (Phi) is 5.92. The van der Waals surface area contributed by atoms with Crippen LogP contribution in [0.1, 0.15) is 54.6 Å². The number of aryl methyl sites for hydroxylation is 1. The van der Waals surface area contributed by atoms with Gasteiger partial charge in [-0.1, -0.05) is 19.8 Å². The first-order valence-corrected chi connectivity index (χ1v) is 8.66. The van der Waals surface area contributed by atoms with E-state index in [-0.39, 0.29) is 16.8 Å². The highest BCUT2D eigenvalue weighted by molar-refractivity contribution is 7.89. The van der Waals surface area contributed by atoms with Crippen LogP contribution in [-0.2, 0) is 10.0 Å². The molecule has 0 radical (unpaired) electrons. The number of carbonyl (C=O) groups excluding carboxylic acids is 1. The normalized spacial score (nSPS) is 13.0. The maximum absolute atomic E-state index is 12.2. The molecule has 21 heavy (non-hydrogen) atoms. The summed E-state index contributed by atoms with van der Waals surface area (Å²) in [6.07, 6.45) is 3.01. The summed E-state index contributed by atoms with van der Waals surface area (Å²) in [5.74, 6) is -0.272. The fraction of sp³-hybridized carbons (Fsp3) is 0.533. The molecule has 1 aromatic rings. The number of nitrogens with one attached hydrogen (secondary N) is 1. The summed E-state index contributed by atoms with van der Waals surface area (Å²) in [7, 11) is -3.83. The number of benzene rings is 1. The van der Waals surface area contributed by atoms with Crippen LogP contribution in [0.15, 0.2) is 17.0 Å². The molecule has 0 bridgehead atoms. The molecule has 0 aromatic heterocycles. The van der Waals surface area contributed by atoms with Crippen molar-refractivity contribution in [3.63, 3.8) is 0 Å². The average molecular weight is 312 g/mol. The van der Waals surface area contributed by atoms with E-state index >= 15 is 0 Å². The fourth-order valence-corrected chi connectivity index (χ4v) is 3.02. The maximum atomic E-state index is 12.2. The van der Waals surface area contributed by atoms with Crippen molar-refractivity contribution in [2.24, 2.45) is 5.14 Å². The molecule has 1 unspecified atom stereocenters. The quantitative estimate of drug-likeness (QED) is 0.844. The van der Waals surface area contributed by atoms with Gasteiger partial charge in [0, 0.05) is 11.6 Å². The lowest BCUT2D eigenvalue weighted by atomic mass is 10.0. The van der Waals surface area contributed by atoms with Crippen molar-refractivity contribution in [2.45, 2.75) is 57.9 Å². The summed E-state index contributed by atoms with van der Waals surface area (Å²) in [6.45, 7) is 7.48. The second kappa shape index (κ2) is 7.04. The van der Waals surface area contributed by atoms with E-state index in [1.54, 1.807) is 19.9 Å². The summed E-state index contributed by atoms with van der Waals surface area (Å²) in [6, 6.07) is 3.09. The predicted octanol–water partition coefficient (Wildman–Crippen LogP) is 2.26. The van der Waals surface area contributed by atoms with Crippen molar-refractivity contribution in [1.82, 2.24) is 5.32 Å². The number of hydrogen-bond acceptors (Lipinski definition) is 3. The number of amides is 1. The molecule has 0 spiro atoms. The molecule has 0 heterocycles. The molecule has 0 saturated heterocycles. The monoisotopic (exact) mass is 312 g/mol. The minimum atomic E-state index is -3.83. The van der Waals surface area contributed by atoms with Crippen molar-refractivity contribution in [2.75, 3.05) is 0 Å². The van der Waals surface area contributed by atoms with Crippen LogP contribution in [0.2, 0.25) is 0 Å². The van der Waals surface area contributed by atoms with Gasteiger partial charge in [-0.2, -0.15) is 0 Å². The topological polar surface area (TPSA) is 89.3 Å². The van der Waals surface area contributed by atoms with E-state index in [0.717, 1.165) is 24.8 Å². The van der Waals surface area contributed by atoms with Gasteiger partial charge in [-0.15, -0.1) is 0 Å². The first-order chi connectivity index (χ1) is 9.66. The molecule has 118 valence electrons. The van der Waals surface area contributed by atoms with Gasteiger partial charge >= 0.3 is 0 Å². The van der Waals surface area contributed by atoms with E-state index in [1.807, 2.05) is 6.92 Å². The van der Waals surface area contributed by atoms with Crippen LogP contribution < -0.4 is 10.5 Å². The summed E-state index contributed by atoms with van der Waals surface area (Å²) >= 11 is 0. The minimum absolute atomic E-state index is 0.00820. The molecule has 1 rings (SSSR count). The highest BCUT2D eigenvalue weighted by Crippen LogP contribution is 2.20. The first-order valence-electron chi connectivity index (χ1n) is 7.11. The number of rotatable bonds is 6. The van der Waals surface area contributed by atoms with Crippen LogP contribution in [0.4, 0.5) is 0 Å². The molecule has 1 aromatic carbocycles. The zero-order chi connectivity index (χ0) is 16.2. The van der Waals surface area contributed by atoms with Crippen LogP contribution in [0, 0.1) is 13.8 Å². The Hall–Kier alpha value is -1.40. The molecule has 3 N–H and O–H groups in total. The second-order valence-corrected chi connectivity index (χ2v) is 7.01. The summed E-state index contributed by atoms with van der Waals surface area (Å²) < 4.78 is 23.2. The van der Waals surface area contributed by atoms with E-state index in [2.05, 4.69) is 12.2 Å². The van der Waals surface area contributed by atoms with Crippen LogP contribution in [0.25, 0.3) is 0 Å². The van der Waals surface area contributed by atoms with Crippen LogP contribution in [0.3, 0.4) is 0 Å². The Balaban J connectivity index is 3.04. The predicted molar refractivity (Wildman–Crippen MR) is 83.7 cm³/mol. The van der Waals surface area contributed by atoms with Gasteiger partial charge in [0.1, 0.15) is 0 Å². The molecular weight excluding hydrogens is 288 g/mol. The average Bonchev–Trinajstić information content (AvgIpc) is 2.37. The van der Waals surface area contributed by atoms with Gasteiger partial charge in [0.2, 0.25) is 10.0 Å². The number of unbranched alkanes of at least 4 members (excludes halogenated alkanes) is 1. The number of sulfonamides is 1. The van der Waals surface area contributed by atoms with E-state index in [9.17, 15) is 13.2 Å². The molecule has 0 fully saturated rings. The molecule has 0 aliphatic rings. The van der Waals surface area contributed by atoms with Crippen molar-refractivity contribution in [3.05, 3.63) is 28.8 Å². The van der Waals surface area contributed by atoms with E-state index in [4.69, 9.17) is 5.14 Å². The summed E-state index contributed by atoms with van der Waals surface area (Å²) in [5, 5.41) is 8.08. The van der Waals surface area contributed by atoms with Crippen molar-refractivity contribution in [1.29, 1.82) is 0 Å².